The molecule has 25 heavy (non-hydrogen) atoms. The van der Waals surface area contributed by atoms with Crippen LogP contribution in [-0.2, 0) is 9.59 Å². The van der Waals surface area contributed by atoms with Crippen molar-refractivity contribution in [1.82, 2.24) is 5.43 Å². The van der Waals surface area contributed by atoms with E-state index in [2.05, 4.69) is 31.8 Å². The van der Waals surface area contributed by atoms with Crippen molar-refractivity contribution >= 4 is 50.4 Å². The zero-order valence-corrected chi connectivity index (χ0v) is 14.7. The summed E-state index contributed by atoms with van der Waals surface area (Å²) in [6, 6.07) is 20.5. The lowest BCUT2D eigenvalue weighted by molar-refractivity contribution is -0.136. The Labute approximate surface area is 152 Å². The number of hydrogen-bond acceptors (Lipinski definition) is 3. The summed E-state index contributed by atoms with van der Waals surface area (Å²) in [5.74, 6) is -1.61. The van der Waals surface area contributed by atoms with Crippen molar-refractivity contribution in [2.24, 2.45) is 5.10 Å². The molecule has 0 aromatic heterocycles. The molecule has 0 fully saturated rings. The summed E-state index contributed by atoms with van der Waals surface area (Å²) in [7, 11) is 0. The molecule has 0 spiro atoms. The van der Waals surface area contributed by atoms with Crippen LogP contribution in [0.25, 0.3) is 10.8 Å². The topological polar surface area (TPSA) is 70.6 Å². The molecule has 2 amide bonds. The monoisotopic (exact) mass is 395 g/mol. The Morgan fingerprint density at radius 3 is 2.52 bits per heavy atom. The number of hydrazone groups is 1. The average molecular weight is 396 g/mol. The Hall–Kier alpha value is -2.99. The Morgan fingerprint density at radius 1 is 0.920 bits per heavy atom. The first-order valence-corrected chi connectivity index (χ1v) is 8.30. The molecule has 2 N–H and O–H groups in total. The summed E-state index contributed by atoms with van der Waals surface area (Å²) in [6.45, 7) is 0. The quantitative estimate of drug-likeness (QED) is 0.403. The van der Waals surface area contributed by atoms with Crippen LogP contribution in [0.5, 0.6) is 0 Å². The SMILES string of the molecule is O=C(N/N=C\c1cccc(Br)c1)C(=O)Nc1cccc2ccccc12. The van der Waals surface area contributed by atoms with Gasteiger partial charge in [-0.25, -0.2) is 5.43 Å². The molecule has 3 aromatic carbocycles. The lowest BCUT2D eigenvalue weighted by Gasteiger charge is -2.07. The first-order chi connectivity index (χ1) is 12.1. The van der Waals surface area contributed by atoms with Gasteiger partial charge in [0.25, 0.3) is 0 Å². The fraction of sp³-hybridized carbons (Fsp3) is 0. The number of nitrogens with one attached hydrogen (secondary N) is 2. The Kier molecular flexibility index (Phi) is 5.20. The number of rotatable bonds is 3. The standard InChI is InChI=1S/C19H14BrN3O2/c20-15-8-3-5-13(11-15)12-21-23-19(25)18(24)22-17-10-4-7-14-6-1-2-9-16(14)17/h1-12H,(H,22,24)(H,23,25)/b21-12-. The molecule has 0 aliphatic heterocycles. The molecular weight excluding hydrogens is 382 g/mol. The van der Waals surface area contributed by atoms with Crippen LogP contribution in [0.3, 0.4) is 0 Å². The number of amides is 2. The maximum Gasteiger partial charge on any atom is 0.329 e. The molecule has 0 saturated heterocycles. The number of carbonyl (C=O) groups is 2. The first-order valence-electron chi connectivity index (χ1n) is 7.51. The molecule has 0 radical (unpaired) electrons. The summed E-state index contributed by atoms with van der Waals surface area (Å²) >= 11 is 3.35. The van der Waals surface area contributed by atoms with Crippen LogP contribution < -0.4 is 10.7 Å². The van der Waals surface area contributed by atoms with E-state index in [0.717, 1.165) is 20.8 Å². The number of anilines is 1. The normalized spacial score (nSPS) is 10.8. The van der Waals surface area contributed by atoms with Gasteiger partial charge >= 0.3 is 11.8 Å². The van der Waals surface area contributed by atoms with Crippen LogP contribution in [0.4, 0.5) is 5.69 Å². The highest BCUT2D eigenvalue weighted by Crippen LogP contribution is 2.22. The van der Waals surface area contributed by atoms with Crippen molar-refractivity contribution in [3.05, 3.63) is 76.8 Å². The predicted molar refractivity (Wildman–Crippen MR) is 102 cm³/mol. The molecule has 0 unspecified atom stereocenters. The summed E-state index contributed by atoms with van der Waals surface area (Å²) in [5.41, 5.74) is 3.60. The van der Waals surface area contributed by atoms with Gasteiger partial charge in [-0.15, -0.1) is 0 Å². The Bertz CT molecular complexity index is 964. The molecule has 3 rings (SSSR count). The number of carbonyl (C=O) groups excluding carboxylic acids is 2. The summed E-state index contributed by atoms with van der Waals surface area (Å²) in [4.78, 5) is 23.9. The molecule has 0 heterocycles. The summed E-state index contributed by atoms with van der Waals surface area (Å²) < 4.78 is 0.900. The van der Waals surface area contributed by atoms with Crippen LogP contribution in [0.2, 0.25) is 0 Å². The van der Waals surface area contributed by atoms with Gasteiger partial charge in [0, 0.05) is 15.5 Å². The Balaban J connectivity index is 1.65. The fourth-order valence-electron chi connectivity index (χ4n) is 2.32. The van der Waals surface area contributed by atoms with Crippen molar-refractivity contribution in [2.45, 2.75) is 0 Å². The Morgan fingerprint density at radius 2 is 1.68 bits per heavy atom. The fourth-order valence-corrected chi connectivity index (χ4v) is 2.73. The predicted octanol–water partition coefficient (Wildman–Crippen LogP) is 3.69. The van der Waals surface area contributed by atoms with Gasteiger partial charge in [-0.3, -0.25) is 9.59 Å². The van der Waals surface area contributed by atoms with Crippen molar-refractivity contribution in [3.63, 3.8) is 0 Å². The van der Waals surface area contributed by atoms with Gasteiger partial charge in [-0.1, -0.05) is 64.5 Å². The minimum absolute atomic E-state index is 0.578. The van der Waals surface area contributed by atoms with E-state index in [1.807, 2.05) is 60.7 Å². The van der Waals surface area contributed by atoms with Crippen molar-refractivity contribution in [2.75, 3.05) is 5.32 Å². The van der Waals surface area contributed by atoms with E-state index < -0.39 is 11.8 Å². The average Bonchev–Trinajstić information content (AvgIpc) is 2.62. The highest BCUT2D eigenvalue weighted by molar-refractivity contribution is 9.10. The van der Waals surface area contributed by atoms with Gasteiger partial charge in [0.2, 0.25) is 0 Å². The van der Waals surface area contributed by atoms with E-state index in [1.54, 1.807) is 6.07 Å². The van der Waals surface area contributed by atoms with Crippen LogP contribution in [0.15, 0.2) is 76.3 Å². The van der Waals surface area contributed by atoms with E-state index in [1.165, 1.54) is 6.21 Å². The van der Waals surface area contributed by atoms with Gasteiger partial charge in [-0.05, 0) is 29.1 Å². The molecule has 0 aliphatic rings. The smallest absolute Gasteiger partial charge is 0.317 e. The zero-order chi connectivity index (χ0) is 17.6. The van der Waals surface area contributed by atoms with Crippen LogP contribution >= 0.6 is 15.9 Å². The van der Waals surface area contributed by atoms with Gasteiger partial charge in [0.05, 0.1) is 6.21 Å². The second-order valence-corrected chi connectivity index (χ2v) is 6.15. The van der Waals surface area contributed by atoms with Crippen molar-refractivity contribution < 1.29 is 9.59 Å². The maximum atomic E-state index is 12.0. The summed E-state index contributed by atoms with van der Waals surface area (Å²) in [6.07, 6.45) is 1.47. The van der Waals surface area contributed by atoms with E-state index in [4.69, 9.17) is 0 Å². The highest BCUT2D eigenvalue weighted by atomic mass is 79.9. The molecular formula is C19H14BrN3O2. The number of hydrogen-bond donors (Lipinski definition) is 2. The number of halogens is 1. The molecule has 3 aromatic rings. The summed E-state index contributed by atoms with van der Waals surface area (Å²) in [5, 5.41) is 8.26. The molecule has 5 nitrogen and oxygen atoms in total. The lowest BCUT2D eigenvalue weighted by Crippen LogP contribution is -2.32. The second kappa shape index (κ2) is 7.72. The molecule has 124 valence electrons. The first kappa shape index (κ1) is 16.9. The van der Waals surface area contributed by atoms with Crippen LogP contribution in [0.1, 0.15) is 5.56 Å². The third-order valence-corrected chi connectivity index (χ3v) is 3.97. The molecule has 0 saturated carbocycles. The van der Waals surface area contributed by atoms with Gasteiger partial charge in [0.1, 0.15) is 0 Å². The van der Waals surface area contributed by atoms with E-state index in [9.17, 15) is 9.59 Å². The zero-order valence-electron chi connectivity index (χ0n) is 13.1. The lowest BCUT2D eigenvalue weighted by atomic mass is 10.1. The van der Waals surface area contributed by atoms with Crippen LogP contribution in [0, 0.1) is 0 Å². The maximum absolute atomic E-state index is 12.0. The third-order valence-electron chi connectivity index (χ3n) is 3.47. The highest BCUT2D eigenvalue weighted by Gasteiger charge is 2.14. The minimum atomic E-state index is -0.834. The van der Waals surface area contributed by atoms with E-state index in [-0.39, 0.29) is 0 Å². The molecule has 6 heteroatoms. The molecule has 0 aliphatic carbocycles. The minimum Gasteiger partial charge on any atom is -0.317 e. The number of nitrogens with zero attached hydrogens (tertiary/aromatic N) is 1. The van der Waals surface area contributed by atoms with Crippen LogP contribution in [-0.4, -0.2) is 18.0 Å². The van der Waals surface area contributed by atoms with E-state index >= 15 is 0 Å². The van der Waals surface area contributed by atoms with Gasteiger partial charge in [-0.2, -0.15) is 5.10 Å². The largest absolute Gasteiger partial charge is 0.329 e. The van der Waals surface area contributed by atoms with Crippen molar-refractivity contribution in [3.8, 4) is 0 Å². The second-order valence-electron chi connectivity index (χ2n) is 5.23. The van der Waals surface area contributed by atoms with Crippen molar-refractivity contribution in [1.29, 1.82) is 0 Å². The van der Waals surface area contributed by atoms with Gasteiger partial charge < -0.3 is 5.32 Å². The van der Waals surface area contributed by atoms with Gasteiger partial charge in [0.15, 0.2) is 0 Å². The number of benzene rings is 3. The number of fused-ring (bicyclic) bond motifs is 1. The van der Waals surface area contributed by atoms with E-state index in [0.29, 0.717) is 5.69 Å². The third kappa shape index (κ3) is 4.30. The molecule has 0 bridgehead atoms. The molecule has 0 atom stereocenters.